The van der Waals surface area contributed by atoms with Gasteiger partial charge in [-0.05, 0) is 123 Å². The van der Waals surface area contributed by atoms with Crippen LogP contribution in [0.2, 0.25) is 0 Å². The van der Waals surface area contributed by atoms with Gasteiger partial charge in [-0.2, -0.15) is 0 Å². The van der Waals surface area contributed by atoms with Gasteiger partial charge < -0.3 is 14.6 Å². The minimum atomic E-state index is -0.971. The van der Waals surface area contributed by atoms with Crippen molar-refractivity contribution in [3.8, 4) is 11.1 Å². The molecular weight excluding hydrogens is 596 g/mol. The Balaban J connectivity index is 1.36. The van der Waals surface area contributed by atoms with E-state index in [0.29, 0.717) is 17.4 Å². The molecule has 0 aliphatic heterocycles. The van der Waals surface area contributed by atoms with E-state index in [4.69, 9.17) is 9.47 Å². The normalized spacial score (nSPS) is 22.4. The number of esters is 2. The lowest BCUT2D eigenvalue weighted by Gasteiger charge is -2.34. The van der Waals surface area contributed by atoms with Crippen LogP contribution in [0.1, 0.15) is 133 Å². The smallest absolute Gasteiger partial charge is 0.336 e. The first kappa shape index (κ1) is 37.6. The molecule has 0 radical (unpaired) electrons. The lowest BCUT2D eigenvalue weighted by Crippen LogP contribution is -2.31. The van der Waals surface area contributed by atoms with Crippen LogP contribution in [0.4, 0.5) is 0 Å². The quantitative estimate of drug-likeness (QED) is 0.111. The van der Waals surface area contributed by atoms with Crippen molar-refractivity contribution in [1.82, 2.24) is 0 Å². The van der Waals surface area contributed by atoms with Crippen molar-refractivity contribution >= 4 is 11.9 Å². The van der Waals surface area contributed by atoms with Gasteiger partial charge in [-0.3, -0.25) is 0 Å². The molecule has 262 valence electrons. The molecule has 2 saturated carbocycles. The second kappa shape index (κ2) is 18.5. The van der Waals surface area contributed by atoms with E-state index in [9.17, 15) is 14.7 Å². The van der Waals surface area contributed by atoms with Crippen LogP contribution in [0.25, 0.3) is 11.1 Å². The summed E-state index contributed by atoms with van der Waals surface area (Å²) in [6.45, 7) is 15.3. The Hall–Kier alpha value is -3.18. The van der Waals surface area contributed by atoms with Crippen molar-refractivity contribution in [1.29, 1.82) is 0 Å². The highest BCUT2D eigenvalue weighted by atomic mass is 16.5. The predicted molar refractivity (Wildman–Crippen MR) is 196 cm³/mol. The molecule has 2 fully saturated rings. The number of carbonyl (C=O) groups is 2. The average Bonchev–Trinajstić information content (AvgIpc) is 3.11. The summed E-state index contributed by atoms with van der Waals surface area (Å²) in [7, 11) is 0. The molecule has 48 heavy (non-hydrogen) atoms. The van der Waals surface area contributed by atoms with Crippen LogP contribution in [0, 0.1) is 17.8 Å². The molecule has 0 saturated heterocycles. The summed E-state index contributed by atoms with van der Waals surface area (Å²) in [5.41, 5.74) is 7.31. The van der Waals surface area contributed by atoms with Crippen LogP contribution in [0.15, 0.2) is 66.8 Å². The molecule has 2 aromatic rings. The topological polar surface area (TPSA) is 72.8 Å². The Labute approximate surface area is 290 Å². The molecule has 0 bridgehead atoms. The lowest BCUT2D eigenvalue weighted by molar-refractivity contribution is -0.146. The third-order valence-corrected chi connectivity index (χ3v) is 11.1. The van der Waals surface area contributed by atoms with Gasteiger partial charge in [0.1, 0.15) is 0 Å². The Kier molecular flexibility index (Phi) is 14.5. The number of hydrogen-bond acceptors (Lipinski definition) is 5. The third kappa shape index (κ3) is 10.4. The minimum absolute atomic E-state index is 0.0258. The fourth-order valence-electron chi connectivity index (χ4n) is 7.84. The first-order valence-corrected chi connectivity index (χ1v) is 18.7. The van der Waals surface area contributed by atoms with Crippen LogP contribution in [0.5, 0.6) is 0 Å². The van der Waals surface area contributed by atoms with Crippen molar-refractivity contribution in [2.45, 2.75) is 129 Å². The Morgan fingerprint density at radius 3 is 1.98 bits per heavy atom. The van der Waals surface area contributed by atoms with Gasteiger partial charge in [0, 0.05) is 11.5 Å². The molecule has 1 N–H and O–H groups in total. The van der Waals surface area contributed by atoms with Crippen molar-refractivity contribution < 1.29 is 24.2 Å². The average molecular weight is 657 g/mol. The summed E-state index contributed by atoms with van der Waals surface area (Å²) < 4.78 is 11.0. The molecule has 2 atom stereocenters. The van der Waals surface area contributed by atoms with E-state index in [-0.39, 0.29) is 30.6 Å². The highest BCUT2D eigenvalue weighted by molar-refractivity contribution is 5.88. The van der Waals surface area contributed by atoms with Gasteiger partial charge in [-0.25, -0.2) is 9.59 Å². The summed E-state index contributed by atoms with van der Waals surface area (Å²) in [5, 5.41) is 9.71. The van der Waals surface area contributed by atoms with E-state index in [0.717, 1.165) is 38.0 Å². The number of carbonyl (C=O) groups excluding carboxylic acids is 2. The number of benzene rings is 2. The second-order valence-electron chi connectivity index (χ2n) is 14.7. The first-order valence-electron chi connectivity index (χ1n) is 18.7. The van der Waals surface area contributed by atoms with E-state index < -0.39 is 18.0 Å². The standard InChI is InChI=1S/C43H60O5/c1-7-9-10-11-32-12-14-34(15-13-32)35-20-22-38(23-21-35)41-25-24-39(26-33(41)8-2)36-16-18-37(19-17-36)40(27-47-42(45)29(3)4)28-48-43(46)30(5)31(6)44/h20-26,31-32,34,36-37,40,44H,3,5,7-19,27-28H2,1-2,4,6H3. The van der Waals surface area contributed by atoms with Gasteiger partial charge in [0.15, 0.2) is 0 Å². The highest BCUT2D eigenvalue weighted by Gasteiger charge is 2.31. The van der Waals surface area contributed by atoms with Crippen LogP contribution in [0.3, 0.4) is 0 Å². The number of aliphatic hydroxyl groups excluding tert-OH is 1. The maximum Gasteiger partial charge on any atom is 0.336 e. The number of ether oxygens (including phenoxy) is 2. The molecule has 2 aliphatic carbocycles. The molecule has 0 amide bonds. The fraction of sp³-hybridized carbons (Fsp3) is 0.581. The molecular formula is C43H60O5. The Bertz CT molecular complexity index is 1360. The van der Waals surface area contributed by atoms with E-state index in [1.165, 1.54) is 86.1 Å². The Morgan fingerprint density at radius 2 is 1.40 bits per heavy atom. The molecule has 5 nitrogen and oxygen atoms in total. The van der Waals surface area contributed by atoms with Crippen molar-refractivity contribution in [3.05, 3.63) is 83.5 Å². The molecule has 2 aliphatic rings. The summed E-state index contributed by atoms with van der Waals surface area (Å²) in [5.74, 6) is 1.19. The maximum atomic E-state index is 12.4. The molecule has 0 heterocycles. The van der Waals surface area contributed by atoms with Gasteiger partial charge >= 0.3 is 11.9 Å². The zero-order chi connectivity index (χ0) is 34.6. The first-order chi connectivity index (χ1) is 23.1. The number of aryl methyl sites for hydroxylation is 1. The number of rotatable bonds is 16. The summed E-state index contributed by atoms with van der Waals surface area (Å²) in [4.78, 5) is 24.5. The van der Waals surface area contributed by atoms with Gasteiger partial charge in [-0.15, -0.1) is 0 Å². The zero-order valence-electron chi connectivity index (χ0n) is 30.1. The zero-order valence-corrected chi connectivity index (χ0v) is 30.1. The fourth-order valence-corrected chi connectivity index (χ4v) is 7.84. The van der Waals surface area contributed by atoms with Crippen molar-refractivity contribution in [3.63, 3.8) is 0 Å². The summed E-state index contributed by atoms with van der Waals surface area (Å²) in [6, 6.07) is 16.5. The Morgan fingerprint density at radius 1 is 0.812 bits per heavy atom. The number of aliphatic hydroxyl groups is 1. The molecule has 0 aromatic heterocycles. The predicted octanol–water partition coefficient (Wildman–Crippen LogP) is 10.3. The molecule has 5 heteroatoms. The molecule has 2 aromatic carbocycles. The molecule has 4 rings (SSSR count). The number of hydrogen-bond donors (Lipinski definition) is 1. The molecule has 0 spiro atoms. The SMILES string of the molecule is C=C(C)C(=O)OCC(COC(=O)C(=C)C(C)O)C1CCC(c2ccc(-c3ccc(C4CCC(CCCCC)CC4)cc3)c(CC)c2)CC1. The largest absolute Gasteiger partial charge is 0.462 e. The monoisotopic (exact) mass is 656 g/mol. The lowest BCUT2D eigenvalue weighted by atomic mass is 9.73. The third-order valence-electron chi connectivity index (χ3n) is 11.1. The molecule has 2 unspecified atom stereocenters. The van der Waals surface area contributed by atoms with E-state index in [2.05, 4.69) is 69.5 Å². The van der Waals surface area contributed by atoms with E-state index in [1.54, 1.807) is 6.92 Å². The van der Waals surface area contributed by atoms with Crippen molar-refractivity contribution in [2.24, 2.45) is 17.8 Å². The van der Waals surface area contributed by atoms with Crippen LogP contribution >= 0.6 is 0 Å². The van der Waals surface area contributed by atoms with E-state index >= 15 is 0 Å². The second-order valence-corrected chi connectivity index (χ2v) is 14.7. The summed E-state index contributed by atoms with van der Waals surface area (Å²) in [6.07, 6.45) is 14.9. The number of unbranched alkanes of at least 4 members (excludes halogenated alkanes) is 2. The van der Waals surface area contributed by atoms with Gasteiger partial charge in [-0.1, -0.05) is 95.2 Å². The van der Waals surface area contributed by atoms with Crippen LogP contribution < -0.4 is 0 Å². The van der Waals surface area contributed by atoms with E-state index in [1.807, 2.05) is 0 Å². The van der Waals surface area contributed by atoms with Gasteiger partial charge in [0.05, 0.1) is 24.9 Å². The highest BCUT2D eigenvalue weighted by Crippen LogP contribution is 2.41. The minimum Gasteiger partial charge on any atom is -0.462 e. The van der Waals surface area contributed by atoms with Crippen LogP contribution in [-0.2, 0) is 25.5 Å². The van der Waals surface area contributed by atoms with Crippen LogP contribution in [-0.4, -0.2) is 36.4 Å². The summed E-state index contributed by atoms with van der Waals surface area (Å²) >= 11 is 0. The van der Waals surface area contributed by atoms with Gasteiger partial charge in [0.25, 0.3) is 0 Å². The van der Waals surface area contributed by atoms with Gasteiger partial charge in [0.2, 0.25) is 0 Å². The van der Waals surface area contributed by atoms with Crippen molar-refractivity contribution in [2.75, 3.05) is 13.2 Å². The maximum absolute atomic E-state index is 12.4.